The van der Waals surface area contributed by atoms with E-state index in [-0.39, 0.29) is 11.9 Å². The Morgan fingerprint density at radius 2 is 1.82 bits per heavy atom. The summed E-state index contributed by atoms with van der Waals surface area (Å²) in [6.45, 7) is 10.1. The molecule has 0 aromatic rings. The predicted octanol–water partition coefficient (Wildman–Crippen LogP) is 2.97. The van der Waals surface area contributed by atoms with E-state index in [2.05, 4.69) is 26.1 Å². The number of likely N-dealkylation sites (tertiary alicyclic amines) is 1. The van der Waals surface area contributed by atoms with Gasteiger partial charge in [0.2, 0.25) is 11.8 Å². The van der Waals surface area contributed by atoms with Crippen LogP contribution in [0.2, 0.25) is 0 Å². The molecule has 1 heterocycles. The number of hydrogen-bond acceptors (Lipinski definition) is 2. The Bertz CT molecular complexity index is 411. The van der Waals surface area contributed by atoms with Crippen molar-refractivity contribution < 1.29 is 9.59 Å². The molecule has 2 fully saturated rings. The molecule has 0 bridgehead atoms. The van der Waals surface area contributed by atoms with Gasteiger partial charge in [0.05, 0.1) is 0 Å². The van der Waals surface area contributed by atoms with E-state index in [1.54, 1.807) is 6.92 Å². The van der Waals surface area contributed by atoms with Crippen molar-refractivity contribution in [2.75, 3.05) is 13.1 Å². The molecule has 22 heavy (non-hydrogen) atoms. The highest BCUT2D eigenvalue weighted by Gasteiger charge is 2.34. The molecule has 0 aromatic carbocycles. The first kappa shape index (κ1) is 17.3. The maximum atomic E-state index is 12.6. The third kappa shape index (κ3) is 4.99. The van der Waals surface area contributed by atoms with Crippen LogP contribution in [0.3, 0.4) is 0 Å². The SMILES string of the molecule is CC(=O)NC1CCN(C(=O)C[C@@H]2C[C@H](C)CC(C)(C)C2)CC1. The number of carbonyl (C=O) groups excluding carboxylic acids is 2. The van der Waals surface area contributed by atoms with Crippen LogP contribution in [0.1, 0.15) is 66.2 Å². The Hall–Kier alpha value is -1.06. The van der Waals surface area contributed by atoms with Crippen molar-refractivity contribution >= 4 is 11.8 Å². The maximum absolute atomic E-state index is 12.6. The largest absolute Gasteiger partial charge is 0.353 e. The lowest BCUT2D eigenvalue weighted by atomic mass is 9.67. The third-order valence-corrected chi connectivity index (χ3v) is 5.20. The van der Waals surface area contributed by atoms with Gasteiger partial charge in [0, 0.05) is 32.5 Å². The van der Waals surface area contributed by atoms with Gasteiger partial charge in [-0.3, -0.25) is 9.59 Å². The van der Waals surface area contributed by atoms with E-state index >= 15 is 0 Å². The Labute approximate surface area is 135 Å². The summed E-state index contributed by atoms with van der Waals surface area (Å²) in [6, 6.07) is 0.246. The summed E-state index contributed by atoms with van der Waals surface area (Å²) in [7, 11) is 0. The van der Waals surface area contributed by atoms with Gasteiger partial charge in [-0.2, -0.15) is 0 Å². The Balaban J connectivity index is 1.79. The van der Waals surface area contributed by atoms with E-state index in [1.165, 1.54) is 19.3 Å². The highest BCUT2D eigenvalue weighted by molar-refractivity contribution is 5.76. The van der Waals surface area contributed by atoms with Crippen LogP contribution >= 0.6 is 0 Å². The molecule has 1 N–H and O–H groups in total. The molecule has 1 aliphatic heterocycles. The highest BCUT2D eigenvalue weighted by Crippen LogP contribution is 2.43. The topological polar surface area (TPSA) is 49.4 Å². The van der Waals surface area contributed by atoms with Crippen molar-refractivity contribution in [3.8, 4) is 0 Å². The van der Waals surface area contributed by atoms with Crippen molar-refractivity contribution in [3.05, 3.63) is 0 Å². The number of rotatable bonds is 3. The first-order valence-electron chi connectivity index (χ1n) is 8.80. The third-order valence-electron chi connectivity index (χ3n) is 5.20. The van der Waals surface area contributed by atoms with Gasteiger partial charge in [0.1, 0.15) is 0 Å². The normalized spacial score (nSPS) is 29.2. The van der Waals surface area contributed by atoms with Crippen LogP contribution < -0.4 is 5.32 Å². The molecule has 4 nitrogen and oxygen atoms in total. The van der Waals surface area contributed by atoms with Crippen LogP contribution in [-0.4, -0.2) is 35.8 Å². The second-order valence-electron chi connectivity index (χ2n) is 8.34. The van der Waals surface area contributed by atoms with Gasteiger partial charge in [-0.15, -0.1) is 0 Å². The van der Waals surface area contributed by atoms with Crippen LogP contribution in [0.15, 0.2) is 0 Å². The standard InChI is InChI=1S/C18H32N2O2/c1-13-9-15(12-18(3,4)11-13)10-17(22)20-7-5-16(6-8-20)19-14(2)21/h13,15-16H,5-12H2,1-4H3,(H,19,21)/t13-,15-/m0/s1. The lowest BCUT2D eigenvalue weighted by Gasteiger charge is -2.40. The van der Waals surface area contributed by atoms with Crippen molar-refractivity contribution in [1.29, 1.82) is 0 Å². The minimum absolute atomic E-state index is 0.0307. The maximum Gasteiger partial charge on any atom is 0.222 e. The van der Waals surface area contributed by atoms with Crippen molar-refractivity contribution in [3.63, 3.8) is 0 Å². The van der Waals surface area contributed by atoms with E-state index in [1.807, 2.05) is 4.90 Å². The van der Waals surface area contributed by atoms with E-state index in [9.17, 15) is 9.59 Å². The molecule has 0 spiro atoms. The number of nitrogens with one attached hydrogen (secondary N) is 1. The van der Waals surface area contributed by atoms with Crippen LogP contribution in [-0.2, 0) is 9.59 Å². The van der Waals surface area contributed by atoms with Crippen LogP contribution in [0, 0.1) is 17.3 Å². The molecule has 4 heteroatoms. The summed E-state index contributed by atoms with van der Waals surface area (Å²) in [5.41, 5.74) is 0.376. The van der Waals surface area contributed by atoms with Crippen LogP contribution in [0.4, 0.5) is 0 Å². The fourth-order valence-corrected chi connectivity index (χ4v) is 4.64. The molecule has 2 rings (SSSR count). The van der Waals surface area contributed by atoms with E-state index in [4.69, 9.17) is 0 Å². The summed E-state index contributed by atoms with van der Waals surface area (Å²) in [5.74, 6) is 1.62. The zero-order chi connectivity index (χ0) is 16.3. The smallest absolute Gasteiger partial charge is 0.222 e. The van der Waals surface area contributed by atoms with Gasteiger partial charge >= 0.3 is 0 Å². The van der Waals surface area contributed by atoms with E-state index in [0.717, 1.165) is 31.8 Å². The van der Waals surface area contributed by atoms with E-state index in [0.29, 0.717) is 23.7 Å². The molecule has 1 aliphatic carbocycles. The summed E-state index contributed by atoms with van der Waals surface area (Å²) in [4.78, 5) is 25.6. The molecule has 2 amide bonds. The van der Waals surface area contributed by atoms with Crippen molar-refractivity contribution in [2.24, 2.45) is 17.3 Å². The lowest BCUT2D eigenvalue weighted by Crippen LogP contribution is -2.46. The molecular formula is C18H32N2O2. The first-order valence-corrected chi connectivity index (χ1v) is 8.80. The highest BCUT2D eigenvalue weighted by atomic mass is 16.2. The minimum Gasteiger partial charge on any atom is -0.353 e. The van der Waals surface area contributed by atoms with Gasteiger partial charge in [-0.05, 0) is 49.4 Å². The molecule has 2 atom stereocenters. The summed E-state index contributed by atoms with van der Waals surface area (Å²) in [5, 5.41) is 2.96. The Morgan fingerprint density at radius 1 is 1.18 bits per heavy atom. The zero-order valence-corrected chi connectivity index (χ0v) is 14.7. The summed E-state index contributed by atoms with van der Waals surface area (Å²) < 4.78 is 0. The Morgan fingerprint density at radius 3 is 2.36 bits per heavy atom. The number of hydrogen-bond donors (Lipinski definition) is 1. The van der Waals surface area contributed by atoms with Gasteiger partial charge in [-0.1, -0.05) is 20.8 Å². The number of piperidine rings is 1. The number of carbonyl (C=O) groups is 2. The van der Waals surface area contributed by atoms with Gasteiger partial charge in [-0.25, -0.2) is 0 Å². The minimum atomic E-state index is 0.0307. The second kappa shape index (κ2) is 7.01. The zero-order valence-electron chi connectivity index (χ0n) is 14.7. The van der Waals surface area contributed by atoms with Gasteiger partial charge < -0.3 is 10.2 Å². The van der Waals surface area contributed by atoms with Crippen molar-refractivity contribution in [1.82, 2.24) is 10.2 Å². The molecule has 0 unspecified atom stereocenters. The lowest BCUT2D eigenvalue weighted by molar-refractivity contribution is -0.134. The fourth-order valence-electron chi connectivity index (χ4n) is 4.64. The average molecular weight is 308 g/mol. The molecule has 2 aliphatic rings. The first-order chi connectivity index (χ1) is 10.2. The second-order valence-corrected chi connectivity index (χ2v) is 8.34. The van der Waals surface area contributed by atoms with Crippen molar-refractivity contribution in [2.45, 2.75) is 72.3 Å². The van der Waals surface area contributed by atoms with E-state index < -0.39 is 0 Å². The average Bonchev–Trinajstić information content (AvgIpc) is 2.36. The summed E-state index contributed by atoms with van der Waals surface area (Å²) >= 11 is 0. The van der Waals surface area contributed by atoms with Gasteiger partial charge in [0.25, 0.3) is 0 Å². The van der Waals surface area contributed by atoms with Crippen LogP contribution in [0.5, 0.6) is 0 Å². The molecule has 126 valence electrons. The molecular weight excluding hydrogens is 276 g/mol. The van der Waals surface area contributed by atoms with Crippen LogP contribution in [0.25, 0.3) is 0 Å². The Kier molecular flexibility index (Phi) is 5.51. The summed E-state index contributed by atoms with van der Waals surface area (Å²) in [6.07, 6.45) is 6.12. The molecule has 0 radical (unpaired) electrons. The quantitative estimate of drug-likeness (QED) is 0.871. The fraction of sp³-hybridized carbons (Fsp3) is 0.889. The monoisotopic (exact) mass is 308 g/mol. The number of nitrogens with zero attached hydrogens (tertiary/aromatic N) is 1. The predicted molar refractivity (Wildman–Crippen MR) is 88.3 cm³/mol. The molecule has 0 aromatic heterocycles. The molecule has 1 saturated heterocycles. The van der Waals surface area contributed by atoms with Gasteiger partial charge in [0.15, 0.2) is 0 Å². The number of amides is 2. The molecule has 1 saturated carbocycles.